The molecule has 1 amide bonds. The molecule has 0 saturated carbocycles. The lowest BCUT2D eigenvalue weighted by Gasteiger charge is -2.12. The molecule has 5 N–H and O–H groups in total. The monoisotopic (exact) mass is 331 g/mol. The molecule has 0 spiro atoms. The lowest BCUT2D eigenvalue weighted by molar-refractivity contribution is -0.110. The number of hydrazine groups is 2. The fraction of sp³-hybridized carbons (Fsp3) is 0.167. The molecule has 0 fully saturated rings. The summed E-state index contributed by atoms with van der Waals surface area (Å²) in [6.45, 7) is 0.0881. The highest BCUT2D eigenvalue weighted by atomic mass is 35.5. The van der Waals surface area contributed by atoms with E-state index in [1.807, 2.05) is 11.0 Å². The molecule has 1 heterocycles. The van der Waals surface area contributed by atoms with Crippen molar-refractivity contribution < 1.29 is 18.3 Å². The number of benzene rings is 1. The average molecular weight is 332 g/mol. The second-order valence-corrected chi connectivity index (χ2v) is 4.01. The van der Waals surface area contributed by atoms with Crippen LogP contribution < -0.4 is 26.9 Å². The Morgan fingerprint density at radius 2 is 2.32 bits per heavy atom. The summed E-state index contributed by atoms with van der Waals surface area (Å²) in [4.78, 5) is 13.0. The van der Waals surface area contributed by atoms with Gasteiger partial charge in [0.25, 0.3) is 0 Å². The van der Waals surface area contributed by atoms with Crippen LogP contribution in [0.2, 0.25) is 5.02 Å². The zero-order valence-corrected chi connectivity index (χ0v) is 12.4. The van der Waals surface area contributed by atoms with Crippen molar-refractivity contribution in [2.75, 3.05) is 12.4 Å². The van der Waals surface area contributed by atoms with E-state index < -0.39 is 5.82 Å². The maximum Gasteiger partial charge on any atom is 0.232 e. The largest absolute Gasteiger partial charge is 0.480 e. The van der Waals surface area contributed by atoms with Gasteiger partial charge in [0.2, 0.25) is 12.3 Å². The van der Waals surface area contributed by atoms with E-state index >= 15 is 0 Å². The summed E-state index contributed by atoms with van der Waals surface area (Å²) >= 11 is 5.94. The molecule has 22 heavy (non-hydrogen) atoms. The van der Waals surface area contributed by atoms with Crippen molar-refractivity contribution in [2.45, 2.75) is 6.61 Å². The van der Waals surface area contributed by atoms with Crippen molar-refractivity contribution in [3.63, 3.8) is 0 Å². The summed E-state index contributed by atoms with van der Waals surface area (Å²) in [6, 6.07) is 2.70. The van der Waals surface area contributed by atoms with Gasteiger partial charge in [-0.2, -0.15) is 5.53 Å². The second-order valence-electron chi connectivity index (χ2n) is 3.60. The van der Waals surface area contributed by atoms with Crippen LogP contribution in [0.25, 0.3) is 0 Å². The van der Waals surface area contributed by atoms with E-state index in [-0.39, 0.29) is 18.0 Å². The standard InChI is InChI=1S/C11H10ClFN2O2.CH5N3O/c1-14-10-8(13)3-2-7(12)11(10)17-6-9-15-4-5-16-9;2-4-3-1-5/h2-5,14H,6H2,1H3;1,4H,2H2,(H,3,5). The lowest BCUT2D eigenvalue weighted by atomic mass is 10.3. The summed E-state index contributed by atoms with van der Waals surface area (Å²) in [6.07, 6.45) is 3.38. The molecule has 0 bridgehead atoms. The first kappa shape index (κ1) is 17.7. The smallest absolute Gasteiger partial charge is 0.232 e. The number of hydrogen-bond acceptors (Lipinski definition) is 7. The molecular weight excluding hydrogens is 317 g/mol. The highest BCUT2D eigenvalue weighted by Crippen LogP contribution is 2.35. The lowest BCUT2D eigenvalue weighted by Crippen LogP contribution is -2.36. The maximum absolute atomic E-state index is 13.5. The average Bonchev–Trinajstić information content (AvgIpc) is 3.03. The van der Waals surface area contributed by atoms with E-state index in [0.29, 0.717) is 17.3 Å². The Bertz CT molecular complexity index is 582. The van der Waals surface area contributed by atoms with Crippen molar-refractivity contribution in [3.8, 4) is 5.75 Å². The molecule has 0 radical (unpaired) electrons. The van der Waals surface area contributed by atoms with E-state index in [1.54, 1.807) is 7.05 Å². The third-order valence-corrected chi connectivity index (χ3v) is 2.57. The molecule has 0 saturated heterocycles. The highest BCUT2D eigenvalue weighted by Gasteiger charge is 2.13. The predicted octanol–water partition coefficient (Wildman–Crippen LogP) is 1.20. The first-order valence-electron chi connectivity index (χ1n) is 5.95. The van der Waals surface area contributed by atoms with Gasteiger partial charge in [0, 0.05) is 7.05 Å². The number of oxazole rings is 1. The van der Waals surface area contributed by atoms with Gasteiger partial charge in [-0.1, -0.05) is 11.6 Å². The highest BCUT2D eigenvalue weighted by molar-refractivity contribution is 6.32. The third kappa shape index (κ3) is 5.20. The zero-order chi connectivity index (χ0) is 16.4. The molecular formula is C12H15ClFN5O3. The molecule has 0 atom stereocenters. The van der Waals surface area contributed by atoms with Crippen LogP contribution in [0.5, 0.6) is 5.75 Å². The molecule has 0 aliphatic heterocycles. The molecule has 8 nitrogen and oxygen atoms in total. The zero-order valence-electron chi connectivity index (χ0n) is 11.6. The molecule has 0 aliphatic rings. The van der Waals surface area contributed by atoms with Gasteiger partial charge in [0.15, 0.2) is 12.4 Å². The van der Waals surface area contributed by atoms with Crippen molar-refractivity contribution in [1.82, 2.24) is 15.9 Å². The predicted molar refractivity (Wildman–Crippen MR) is 78.3 cm³/mol. The van der Waals surface area contributed by atoms with Gasteiger partial charge >= 0.3 is 0 Å². The van der Waals surface area contributed by atoms with Gasteiger partial charge in [-0.25, -0.2) is 9.37 Å². The first-order chi connectivity index (χ1) is 10.6. The molecule has 0 unspecified atom stereocenters. The van der Waals surface area contributed by atoms with Crippen LogP contribution in [0, 0.1) is 5.82 Å². The van der Waals surface area contributed by atoms with Crippen LogP contribution in [0.1, 0.15) is 5.89 Å². The summed E-state index contributed by atoms with van der Waals surface area (Å²) in [5, 5.41) is 3.02. The summed E-state index contributed by atoms with van der Waals surface area (Å²) in [7, 11) is 1.59. The number of rotatable bonds is 6. The molecule has 120 valence electrons. The maximum atomic E-state index is 13.5. The molecule has 2 aromatic rings. The minimum Gasteiger partial charge on any atom is -0.480 e. The summed E-state index contributed by atoms with van der Waals surface area (Å²) < 4.78 is 23.9. The number of ether oxygens (including phenoxy) is 1. The van der Waals surface area contributed by atoms with Crippen LogP contribution >= 0.6 is 11.6 Å². The minimum absolute atomic E-state index is 0.0881. The second kappa shape index (κ2) is 9.55. The topological polar surface area (TPSA) is 114 Å². The van der Waals surface area contributed by atoms with Crippen LogP contribution in [-0.2, 0) is 11.4 Å². The van der Waals surface area contributed by atoms with Gasteiger partial charge in [0.05, 0.1) is 11.2 Å². The van der Waals surface area contributed by atoms with E-state index in [4.69, 9.17) is 25.5 Å². The van der Waals surface area contributed by atoms with Crippen molar-refractivity contribution in [2.24, 2.45) is 5.84 Å². The normalized spacial score (nSPS) is 9.45. The van der Waals surface area contributed by atoms with Crippen LogP contribution in [-0.4, -0.2) is 18.4 Å². The van der Waals surface area contributed by atoms with Gasteiger partial charge < -0.3 is 14.5 Å². The van der Waals surface area contributed by atoms with Crippen LogP contribution in [0.15, 0.2) is 29.0 Å². The van der Waals surface area contributed by atoms with Crippen molar-refractivity contribution in [1.29, 1.82) is 0 Å². The number of carbonyl (C=O) groups excluding carboxylic acids is 1. The van der Waals surface area contributed by atoms with Crippen LogP contribution in [0.4, 0.5) is 10.1 Å². The molecule has 1 aromatic carbocycles. The van der Waals surface area contributed by atoms with Crippen molar-refractivity contribution >= 4 is 23.7 Å². The Labute approximate surface area is 130 Å². The fourth-order valence-corrected chi connectivity index (χ4v) is 1.61. The van der Waals surface area contributed by atoms with E-state index in [0.717, 1.165) is 0 Å². The molecule has 0 aliphatic carbocycles. The van der Waals surface area contributed by atoms with Gasteiger partial charge in [-0.15, -0.1) is 0 Å². The Morgan fingerprint density at radius 3 is 2.82 bits per heavy atom. The van der Waals surface area contributed by atoms with E-state index in [9.17, 15) is 4.39 Å². The minimum atomic E-state index is -0.431. The Balaban J connectivity index is 0.000000422. The number of nitrogens with two attached hydrogens (primary N) is 1. The van der Waals surface area contributed by atoms with E-state index in [2.05, 4.69) is 16.1 Å². The summed E-state index contributed by atoms with van der Waals surface area (Å²) in [5.74, 6) is 4.75. The number of aromatic nitrogens is 1. The molecule has 10 heteroatoms. The van der Waals surface area contributed by atoms with E-state index in [1.165, 1.54) is 24.6 Å². The Morgan fingerprint density at radius 1 is 1.55 bits per heavy atom. The SMILES string of the molecule is CNc1c(F)ccc(Cl)c1OCc1ncco1.NNNC=O. The quantitative estimate of drug-likeness (QED) is 0.357. The van der Waals surface area contributed by atoms with Gasteiger partial charge in [-0.05, 0) is 12.1 Å². The Hall–Kier alpha value is -2.36. The van der Waals surface area contributed by atoms with Gasteiger partial charge in [0.1, 0.15) is 17.8 Å². The Kier molecular flexibility index (Phi) is 7.68. The fourth-order valence-electron chi connectivity index (χ4n) is 1.40. The number of amides is 1. The van der Waals surface area contributed by atoms with Gasteiger partial charge in [-0.3, -0.25) is 16.1 Å². The number of nitrogens with one attached hydrogen (secondary N) is 3. The molecule has 1 aromatic heterocycles. The number of carbonyl (C=O) groups is 1. The third-order valence-electron chi connectivity index (χ3n) is 2.27. The molecule has 2 rings (SSSR count). The number of nitrogens with zero attached hydrogens (tertiary/aromatic N) is 1. The summed E-state index contributed by atoms with van der Waals surface area (Å²) in [5.41, 5.74) is 4.07. The van der Waals surface area contributed by atoms with Crippen molar-refractivity contribution in [3.05, 3.63) is 41.3 Å². The van der Waals surface area contributed by atoms with Crippen LogP contribution in [0.3, 0.4) is 0 Å². The first-order valence-corrected chi connectivity index (χ1v) is 6.33. The number of anilines is 1. The number of hydrogen-bond donors (Lipinski definition) is 4. The number of halogens is 2.